The molecule has 0 fully saturated rings. The smallest absolute Gasteiger partial charge is 0.389 e. The second-order valence-corrected chi connectivity index (χ2v) is 9.00. The van der Waals surface area contributed by atoms with Gasteiger partial charge >= 0.3 is 18.1 Å². The molecular formula is C31H24F3NO7. The highest BCUT2D eigenvalue weighted by Gasteiger charge is 2.26. The summed E-state index contributed by atoms with van der Waals surface area (Å²) in [7, 11) is 0. The van der Waals surface area contributed by atoms with Gasteiger partial charge in [0.15, 0.2) is 0 Å². The first-order chi connectivity index (χ1) is 20.1. The molecule has 0 spiro atoms. The number of benzene rings is 3. The van der Waals surface area contributed by atoms with E-state index in [9.17, 15) is 32.3 Å². The number of ether oxygens (including phenoxy) is 3. The molecule has 1 heterocycles. The van der Waals surface area contributed by atoms with Crippen LogP contribution < -0.4 is 14.4 Å². The van der Waals surface area contributed by atoms with Crippen LogP contribution in [0.1, 0.15) is 34.3 Å². The molecule has 0 aromatic heterocycles. The lowest BCUT2D eigenvalue weighted by atomic mass is 10.2. The maximum atomic E-state index is 12.4. The molecule has 0 atom stereocenters. The zero-order valence-electron chi connectivity index (χ0n) is 22.0. The van der Waals surface area contributed by atoms with Gasteiger partial charge in [0.05, 0.1) is 17.9 Å². The summed E-state index contributed by atoms with van der Waals surface area (Å²) in [6.45, 7) is -0.107. The van der Waals surface area contributed by atoms with E-state index in [0.717, 1.165) is 4.90 Å². The van der Waals surface area contributed by atoms with Gasteiger partial charge in [0.1, 0.15) is 18.1 Å². The van der Waals surface area contributed by atoms with Gasteiger partial charge in [-0.15, -0.1) is 0 Å². The first-order valence-corrected chi connectivity index (χ1v) is 12.7. The van der Waals surface area contributed by atoms with E-state index in [1.807, 2.05) is 0 Å². The molecule has 11 heteroatoms. The number of nitrogens with zero attached hydrogens (tertiary/aromatic N) is 1. The fourth-order valence-corrected chi connectivity index (χ4v) is 3.73. The van der Waals surface area contributed by atoms with Crippen molar-refractivity contribution in [2.75, 3.05) is 11.5 Å². The average molecular weight is 580 g/mol. The van der Waals surface area contributed by atoms with Crippen LogP contribution in [-0.4, -0.2) is 36.5 Å². The summed E-state index contributed by atoms with van der Waals surface area (Å²) in [5.74, 6) is -1.45. The number of halogens is 3. The minimum Gasteiger partial charge on any atom is -0.494 e. The van der Waals surface area contributed by atoms with E-state index >= 15 is 0 Å². The quantitative estimate of drug-likeness (QED) is 0.0929. The maximum absolute atomic E-state index is 12.4. The second-order valence-electron chi connectivity index (χ2n) is 9.00. The Morgan fingerprint density at radius 3 is 2.05 bits per heavy atom. The SMILES string of the molecule is O=C(/C=C/c1ccc(OC(=O)c2ccc(OCCCC(F)(F)F)cc2)cc1)OCc1ccc(N2C(=O)C=CC2=O)cc1. The molecule has 4 rings (SSSR count). The van der Waals surface area contributed by atoms with Crippen LogP contribution in [0, 0.1) is 0 Å². The van der Waals surface area contributed by atoms with Gasteiger partial charge in [-0.3, -0.25) is 9.59 Å². The topological polar surface area (TPSA) is 99.2 Å². The number of alkyl halides is 3. The monoisotopic (exact) mass is 579 g/mol. The van der Waals surface area contributed by atoms with Crippen molar-refractivity contribution in [1.82, 2.24) is 0 Å². The van der Waals surface area contributed by atoms with Crippen molar-refractivity contribution in [2.24, 2.45) is 0 Å². The van der Waals surface area contributed by atoms with Gasteiger partial charge in [-0.25, -0.2) is 14.5 Å². The second kappa shape index (κ2) is 13.4. The molecule has 8 nitrogen and oxygen atoms in total. The summed E-state index contributed by atoms with van der Waals surface area (Å²) < 4.78 is 52.4. The minimum absolute atomic E-state index is 0.0103. The van der Waals surface area contributed by atoms with Crippen molar-refractivity contribution in [2.45, 2.75) is 25.6 Å². The molecule has 0 saturated carbocycles. The lowest BCUT2D eigenvalue weighted by molar-refractivity contribution is -0.139. The van der Waals surface area contributed by atoms with Crippen LogP contribution >= 0.6 is 0 Å². The van der Waals surface area contributed by atoms with Crippen molar-refractivity contribution in [1.29, 1.82) is 0 Å². The van der Waals surface area contributed by atoms with Crippen molar-refractivity contribution >= 4 is 35.5 Å². The third-order valence-corrected chi connectivity index (χ3v) is 5.85. The molecule has 42 heavy (non-hydrogen) atoms. The summed E-state index contributed by atoms with van der Waals surface area (Å²) in [6, 6.07) is 18.7. The molecule has 216 valence electrons. The van der Waals surface area contributed by atoms with E-state index in [-0.39, 0.29) is 30.9 Å². The summed E-state index contributed by atoms with van der Waals surface area (Å²) in [5.41, 5.74) is 1.97. The third-order valence-electron chi connectivity index (χ3n) is 5.85. The lowest BCUT2D eigenvalue weighted by Crippen LogP contribution is -2.29. The number of carbonyl (C=O) groups excluding carboxylic acids is 4. The predicted octanol–water partition coefficient (Wildman–Crippen LogP) is 5.81. The van der Waals surface area contributed by atoms with Gasteiger partial charge in [0.25, 0.3) is 11.8 Å². The van der Waals surface area contributed by atoms with Gasteiger partial charge in [-0.2, -0.15) is 13.2 Å². The molecule has 0 aliphatic carbocycles. The normalized spacial score (nSPS) is 13.1. The van der Waals surface area contributed by atoms with Crippen molar-refractivity contribution in [3.8, 4) is 11.5 Å². The van der Waals surface area contributed by atoms with E-state index < -0.39 is 36.4 Å². The molecule has 0 saturated heterocycles. The van der Waals surface area contributed by atoms with Crippen LogP contribution in [0.4, 0.5) is 18.9 Å². The summed E-state index contributed by atoms with van der Waals surface area (Å²) in [5, 5.41) is 0. The van der Waals surface area contributed by atoms with E-state index in [1.165, 1.54) is 48.6 Å². The summed E-state index contributed by atoms with van der Waals surface area (Å²) in [6.07, 6.45) is -0.158. The molecule has 0 radical (unpaired) electrons. The zero-order chi connectivity index (χ0) is 30.1. The Balaban J connectivity index is 1.20. The summed E-state index contributed by atoms with van der Waals surface area (Å²) >= 11 is 0. The van der Waals surface area contributed by atoms with Gasteiger partial charge in [-0.1, -0.05) is 24.3 Å². The van der Waals surface area contributed by atoms with E-state index in [2.05, 4.69) is 0 Å². The molecule has 0 unspecified atom stereocenters. The number of carbonyl (C=O) groups is 4. The van der Waals surface area contributed by atoms with Crippen LogP contribution in [0.15, 0.2) is 91.0 Å². The highest BCUT2D eigenvalue weighted by atomic mass is 19.4. The van der Waals surface area contributed by atoms with Crippen molar-refractivity contribution < 1.29 is 46.6 Å². The number of hydrogen-bond acceptors (Lipinski definition) is 7. The van der Waals surface area contributed by atoms with Gasteiger partial charge < -0.3 is 14.2 Å². The molecule has 0 bridgehead atoms. The maximum Gasteiger partial charge on any atom is 0.389 e. The molecule has 3 aromatic carbocycles. The fourth-order valence-electron chi connectivity index (χ4n) is 3.73. The Morgan fingerprint density at radius 2 is 1.43 bits per heavy atom. The standard InChI is InChI=1S/C31H24F3NO7/c32-31(33,34)18-1-19-40-25-13-7-23(8-14-25)30(39)42-26-11-4-21(5-12-26)6-17-29(38)41-20-22-2-9-24(10-3-22)35-27(36)15-16-28(35)37/h2-17H,1,18-20H2/b17-6+. The number of anilines is 1. The highest BCUT2D eigenvalue weighted by Crippen LogP contribution is 2.23. The van der Waals surface area contributed by atoms with Crippen LogP contribution in [0.2, 0.25) is 0 Å². The Labute approximate surface area is 238 Å². The third kappa shape index (κ3) is 8.65. The molecule has 3 aromatic rings. The van der Waals surface area contributed by atoms with Gasteiger partial charge in [0.2, 0.25) is 0 Å². The minimum atomic E-state index is -4.23. The number of rotatable bonds is 11. The molecule has 0 N–H and O–H groups in total. The van der Waals surface area contributed by atoms with Gasteiger partial charge in [-0.05, 0) is 72.2 Å². The highest BCUT2D eigenvalue weighted by molar-refractivity contribution is 6.28. The molecular weight excluding hydrogens is 555 g/mol. The Morgan fingerprint density at radius 1 is 0.810 bits per heavy atom. The number of esters is 2. The Bertz CT molecular complexity index is 1480. The van der Waals surface area contributed by atoms with Crippen LogP contribution in [0.5, 0.6) is 11.5 Å². The van der Waals surface area contributed by atoms with Crippen LogP contribution in [-0.2, 0) is 25.7 Å². The van der Waals surface area contributed by atoms with Crippen molar-refractivity contribution in [3.63, 3.8) is 0 Å². The number of imide groups is 1. The van der Waals surface area contributed by atoms with E-state index in [1.54, 1.807) is 48.5 Å². The lowest BCUT2D eigenvalue weighted by Gasteiger charge is -2.14. The fraction of sp³-hybridized carbons (Fsp3) is 0.161. The number of amides is 2. The van der Waals surface area contributed by atoms with E-state index in [0.29, 0.717) is 22.6 Å². The zero-order valence-corrected chi connectivity index (χ0v) is 22.0. The van der Waals surface area contributed by atoms with Gasteiger partial charge in [0, 0.05) is 24.6 Å². The summed E-state index contributed by atoms with van der Waals surface area (Å²) in [4.78, 5) is 49.1. The van der Waals surface area contributed by atoms with E-state index in [4.69, 9.17) is 14.2 Å². The van der Waals surface area contributed by atoms with Crippen LogP contribution in [0.25, 0.3) is 6.08 Å². The number of hydrogen-bond donors (Lipinski definition) is 0. The Kier molecular flexibility index (Phi) is 9.53. The first-order valence-electron chi connectivity index (χ1n) is 12.7. The molecule has 2 amide bonds. The Hall–Kier alpha value is -5.19. The predicted molar refractivity (Wildman–Crippen MR) is 146 cm³/mol. The van der Waals surface area contributed by atoms with Crippen LogP contribution in [0.3, 0.4) is 0 Å². The molecule has 1 aliphatic heterocycles. The van der Waals surface area contributed by atoms with Crippen molar-refractivity contribution in [3.05, 3.63) is 108 Å². The largest absolute Gasteiger partial charge is 0.494 e. The molecule has 1 aliphatic rings. The average Bonchev–Trinajstić information content (AvgIpc) is 3.31. The first kappa shape index (κ1) is 29.8.